The van der Waals surface area contributed by atoms with Gasteiger partial charge in [0.05, 0.1) is 42.7 Å². The van der Waals surface area contributed by atoms with E-state index in [1.807, 2.05) is 13.0 Å². The number of aromatic nitrogens is 1. The maximum atomic E-state index is 13.0. The highest BCUT2D eigenvalue weighted by Crippen LogP contribution is 2.33. The number of amides is 2. The molecule has 0 unspecified atom stereocenters. The first kappa shape index (κ1) is 28.4. The summed E-state index contributed by atoms with van der Waals surface area (Å²) in [6.45, 7) is 3.30. The fourth-order valence-electron chi connectivity index (χ4n) is 4.36. The minimum atomic E-state index is -0.981. The molecule has 208 valence electrons. The van der Waals surface area contributed by atoms with Gasteiger partial charge in [-0.1, -0.05) is 29.9 Å². The van der Waals surface area contributed by atoms with Gasteiger partial charge in [0.25, 0.3) is 5.91 Å². The molecular formula is C26H30ClN5O6S. The van der Waals surface area contributed by atoms with Crippen molar-refractivity contribution in [3.63, 3.8) is 0 Å². The Kier molecular flexibility index (Phi) is 9.44. The van der Waals surface area contributed by atoms with E-state index in [1.54, 1.807) is 30.6 Å². The first-order valence-electron chi connectivity index (χ1n) is 12.3. The zero-order valence-corrected chi connectivity index (χ0v) is 23.1. The molecule has 11 nitrogen and oxygen atoms in total. The van der Waals surface area contributed by atoms with E-state index in [0.717, 1.165) is 5.56 Å². The van der Waals surface area contributed by atoms with Crippen molar-refractivity contribution in [1.29, 1.82) is 0 Å². The van der Waals surface area contributed by atoms with Crippen molar-refractivity contribution in [2.75, 3.05) is 38.7 Å². The second-order valence-corrected chi connectivity index (χ2v) is 9.89. The predicted octanol–water partition coefficient (Wildman–Crippen LogP) is 3.19. The minimum absolute atomic E-state index is 0.0963. The van der Waals surface area contributed by atoms with Crippen LogP contribution in [0.5, 0.6) is 11.5 Å². The van der Waals surface area contributed by atoms with Crippen molar-refractivity contribution in [2.45, 2.75) is 32.0 Å². The third kappa shape index (κ3) is 7.08. The number of benzene rings is 1. The van der Waals surface area contributed by atoms with Crippen LogP contribution in [0.25, 0.3) is 0 Å². The van der Waals surface area contributed by atoms with Crippen LogP contribution in [-0.2, 0) is 16.1 Å². The van der Waals surface area contributed by atoms with E-state index >= 15 is 0 Å². The lowest BCUT2D eigenvalue weighted by Crippen LogP contribution is -2.47. The van der Waals surface area contributed by atoms with Gasteiger partial charge in [-0.3, -0.25) is 9.78 Å². The normalized spacial score (nSPS) is 19.3. The summed E-state index contributed by atoms with van der Waals surface area (Å²) >= 11 is 11.9. The average molecular weight is 576 g/mol. The van der Waals surface area contributed by atoms with Gasteiger partial charge < -0.3 is 40.2 Å². The highest BCUT2D eigenvalue weighted by atomic mass is 35.5. The number of thiocarbonyl (C=S) groups is 1. The smallest absolute Gasteiger partial charge is 0.407 e. The average Bonchev–Trinajstić information content (AvgIpc) is 2.91. The van der Waals surface area contributed by atoms with Gasteiger partial charge in [0.15, 0.2) is 5.75 Å². The molecule has 2 aromatic rings. The monoisotopic (exact) mass is 575 g/mol. The molecule has 39 heavy (non-hydrogen) atoms. The molecule has 2 atom stereocenters. The van der Waals surface area contributed by atoms with Gasteiger partial charge in [-0.15, -0.1) is 0 Å². The number of rotatable bonds is 9. The van der Waals surface area contributed by atoms with E-state index in [9.17, 15) is 14.7 Å². The number of hydrogen-bond donors (Lipinski definition) is 4. The zero-order valence-electron chi connectivity index (χ0n) is 21.5. The van der Waals surface area contributed by atoms with Crippen LogP contribution in [0, 0.1) is 0 Å². The molecule has 0 spiro atoms. The molecule has 1 fully saturated rings. The van der Waals surface area contributed by atoms with Crippen molar-refractivity contribution in [3.8, 4) is 11.5 Å². The summed E-state index contributed by atoms with van der Waals surface area (Å²) in [6.07, 6.45) is 2.41. The number of morpholine rings is 1. The topological polar surface area (TPSA) is 134 Å². The Balaban J connectivity index is 1.48. The minimum Gasteiger partial charge on any atom is -0.493 e. The van der Waals surface area contributed by atoms with Crippen molar-refractivity contribution < 1.29 is 28.9 Å². The van der Waals surface area contributed by atoms with E-state index in [0.29, 0.717) is 59.6 Å². The van der Waals surface area contributed by atoms with Crippen LogP contribution in [0.2, 0.25) is 5.02 Å². The molecular weight excluding hydrogens is 546 g/mol. The summed E-state index contributed by atoms with van der Waals surface area (Å²) in [4.78, 5) is 30.0. The fraction of sp³-hybridized carbons (Fsp3) is 0.385. The Hall–Kier alpha value is -3.61. The van der Waals surface area contributed by atoms with Crippen LogP contribution in [0.4, 0.5) is 10.5 Å². The lowest BCUT2D eigenvalue weighted by molar-refractivity contribution is -0.118. The number of para-hydroxylation sites is 1. The number of methoxy groups -OCH3 is 1. The summed E-state index contributed by atoms with van der Waals surface area (Å²) in [5, 5.41) is 19.1. The molecule has 4 rings (SSSR count). The maximum Gasteiger partial charge on any atom is 0.407 e. The van der Waals surface area contributed by atoms with Crippen molar-refractivity contribution in [3.05, 3.63) is 58.5 Å². The highest BCUT2D eigenvalue weighted by Gasteiger charge is 2.29. The van der Waals surface area contributed by atoms with Crippen LogP contribution in [0.1, 0.15) is 18.9 Å². The zero-order chi connectivity index (χ0) is 27.9. The number of carbonyl (C=O) groups is 2. The molecule has 2 aliphatic rings. The number of hydrogen-bond acceptors (Lipinski definition) is 8. The Morgan fingerprint density at radius 3 is 2.97 bits per heavy atom. The van der Waals surface area contributed by atoms with Crippen LogP contribution < -0.4 is 25.4 Å². The third-order valence-electron chi connectivity index (χ3n) is 6.26. The van der Waals surface area contributed by atoms with Gasteiger partial charge in [-0.25, -0.2) is 4.79 Å². The largest absolute Gasteiger partial charge is 0.493 e. The van der Waals surface area contributed by atoms with Gasteiger partial charge >= 0.3 is 6.09 Å². The number of nitrogens with one attached hydrogen (secondary N) is 3. The van der Waals surface area contributed by atoms with E-state index in [2.05, 4.69) is 20.9 Å². The first-order chi connectivity index (χ1) is 18.8. The number of ether oxygens (including phenoxy) is 3. The Morgan fingerprint density at radius 2 is 2.21 bits per heavy atom. The molecule has 1 aromatic heterocycles. The van der Waals surface area contributed by atoms with E-state index in [-0.39, 0.29) is 36.2 Å². The molecule has 2 amide bonds. The highest BCUT2D eigenvalue weighted by molar-refractivity contribution is 7.81. The summed E-state index contributed by atoms with van der Waals surface area (Å²) in [6, 6.07) is 6.94. The van der Waals surface area contributed by atoms with Gasteiger partial charge in [0.1, 0.15) is 23.4 Å². The van der Waals surface area contributed by atoms with E-state index < -0.39 is 6.09 Å². The van der Waals surface area contributed by atoms with Gasteiger partial charge in [-0.05, 0) is 25.1 Å². The lowest BCUT2D eigenvalue weighted by Gasteiger charge is -2.31. The summed E-state index contributed by atoms with van der Waals surface area (Å²) in [7, 11) is 1.51. The molecule has 2 aliphatic heterocycles. The predicted molar refractivity (Wildman–Crippen MR) is 149 cm³/mol. The van der Waals surface area contributed by atoms with E-state index in [1.165, 1.54) is 12.0 Å². The second-order valence-electron chi connectivity index (χ2n) is 9.08. The third-order valence-corrected chi connectivity index (χ3v) is 6.86. The Labute approximate surface area is 236 Å². The quantitative estimate of drug-likeness (QED) is 0.330. The Bertz CT molecular complexity index is 1280. The molecule has 0 bridgehead atoms. The van der Waals surface area contributed by atoms with Crippen LogP contribution >= 0.6 is 23.8 Å². The van der Waals surface area contributed by atoms with Crippen LogP contribution in [-0.4, -0.2) is 77.5 Å². The second kappa shape index (κ2) is 13.0. The number of carboxylic acid groups (broad SMARTS) is 1. The molecule has 1 aromatic carbocycles. The number of halogens is 1. The van der Waals surface area contributed by atoms with Crippen LogP contribution in [0.3, 0.4) is 0 Å². The van der Waals surface area contributed by atoms with Crippen molar-refractivity contribution in [1.82, 2.24) is 20.5 Å². The lowest BCUT2D eigenvalue weighted by atomic mass is 10.0. The molecule has 1 saturated heterocycles. The van der Waals surface area contributed by atoms with Gasteiger partial charge in [0, 0.05) is 43.0 Å². The molecule has 0 radical (unpaired) electrons. The first-order valence-corrected chi connectivity index (χ1v) is 13.1. The number of nitrogens with zero attached hydrogens (tertiary/aromatic N) is 2. The standard InChI is InChI=1S/C26H30ClN5O6S/c1-15-10-20(22(24(33)30-15)25(39)31-19-5-3-4-18(27)23(19)36-2)29-11-16-6-7-28-12-21(16)38-14-17-13-32(26(34)35)8-9-37-17/h3-7,12,15,17,29H,8-11,13-14H2,1-2H3,(H,30,33)(H,31,39)(H,34,35)/t15-,17+/m1/s1. The SMILES string of the molecule is COc1c(Cl)cccc1NC(=S)C1=C(NCc2ccncc2OC[C@@H]2CN(C(=O)O)CCO2)C[C@@H](C)NC1=O. The number of anilines is 1. The summed E-state index contributed by atoms with van der Waals surface area (Å²) in [5.41, 5.74) is 2.35. The summed E-state index contributed by atoms with van der Waals surface area (Å²) < 4.78 is 17.0. The Morgan fingerprint density at radius 1 is 1.38 bits per heavy atom. The van der Waals surface area contributed by atoms with Crippen LogP contribution in [0.15, 0.2) is 47.9 Å². The molecule has 4 N–H and O–H groups in total. The van der Waals surface area contributed by atoms with Crippen molar-refractivity contribution in [2.24, 2.45) is 0 Å². The fourth-order valence-corrected chi connectivity index (χ4v) is 4.93. The number of carbonyl (C=O) groups excluding carboxylic acids is 1. The van der Waals surface area contributed by atoms with Gasteiger partial charge in [-0.2, -0.15) is 0 Å². The van der Waals surface area contributed by atoms with Gasteiger partial charge in [0.2, 0.25) is 0 Å². The molecule has 0 aliphatic carbocycles. The molecule has 13 heteroatoms. The maximum absolute atomic E-state index is 13.0. The summed E-state index contributed by atoms with van der Waals surface area (Å²) in [5.74, 6) is 0.660. The number of pyridine rings is 1. The molecule has 3 heterocycles. The van der Waals surface area contributed by atoms with Crippen molar-refractivity contribution >= 4 is 46.5 Å². The van der Waals surface area contributed by atoms with E-state index in [4.69, 9.17) is 38.0 Å². The molecule has 0 saturated carbocycles.